The van der Waals surface area contributed by atoms with Crippen LogP contribution in [0.4, 0.5) is 0 Å². The maximum Gasteiger partial charge on any atom is 0.121 e. The van der Waals surface area contributed by atoms with Crippen LogP contribution in [-0.2, 0) is 0 Å². The summed E-state index contributed by atoms with van der Waals surface area (Å²) in [7, 11) is 1.70. The van der Waals surface area contributed by atoms with E-state index >= 15 is 0 Å². The van der Waals surface area contributed by atoms with Crippen LogP contribution >= 0.6 is 0 Å². The molecule has 16 heavy (non-hydrogen) atoms. The van der Waals surface area contributed by atoms with Gasteiger partial charge in [-0.25, -0.2) is 0 Å². The summed E-state index contributed by atoms with van der Waals surface area (Å²) in [6, 6.07) is 6.36. The van der Waals surface area contributed by atoms with Crippen molar-refractivity contribution >= 4 is 0 Å². The molecule has 0 saturated heterocycles. The van der Waals surface area contributed by atoms with Gasteiger partial charge in [-0.2, -0.15) is 0 Å². The van der Waals surface area contributed by atoms with Crippen molar-refractivity contribution < 1.29 is 4.74 Å². The van der Waals surface area contributed by atoms with Crippen molar-refractivity contribution in [3.05, 3.63) is 29.3 Å². The fourth-order valence-corrected chi connectivity index (χ4v) is 2.18. The van der Waals surface area contributed by atoms with E-state index in [-0.39, 0.29) is 6.04 Å². The van der Waals surface area contributed by atoms with Crippen LogP contribution in [0.25, 0.3) is 0 Å². The van der Waals surface area contributed by atoms with E-state index in [1.807, 2.05) is 6.07 Å². The molecule has 1 unspecified atom stereocenters. The highest BCUT2D eigenvalue weighted by Gasteiger charge is 2.16. The zero-order valence-electron chi connectivity index (χ0n) is 10.8. The Morgan fingerprint density at radius 3 is 2.31 bits per heavy atom. The molecule has 0 fully saturated rings. The summed E-state index contributed by atoms with van der Waals surface area (Å²) in [5.41, 5.74) is 8.65. The Bertz CT molecular complexity index is 332. The molecule has 0 aliphatic carbocycles. The zero-order chi connectivity index (χ0) is 12.1. The van der Waals surface area contributed by atoms with Gasteiger partial charge in [-0.05, 0) is 30.0 Å². The van der Waals surface area contributed by atoms with E-state index < -0.39 is 0 Å². The van der Waals surface area contributed by atoms with Crippen molar-refractivity contribution in [1.29, 1.82) is 0 Å². The van der Waals surface area contributed by atoms with Crippen LogP contribution in [0.15, 0.2) is 18.2 Å². The predicted octanol–water partition coefficient (Wildman–Crippen LogP) is 3.44. The Morgan fingerprint density at radius 2 is 1.88 bits per heavy atom. The van der Waals surface area contributed by atoms with Crippen LogP contribution in [-0.4, -0.2) is 7.11 Å². The van der Waals surface area contributed by atoms with Crippen LogP contribution in [0.5, 0.6) is 5.75 Å². The Morgan fingerprint density at radius 1 is 1.25 bits per heavy atom. The first-order valence-electron chi connectivity index (χ1n) is 6.04. The molecule has 0 spiro atoms. The van der Waals surface area contributed by atoms with Crippen molar-refractivity contribution in [2.24, 2.45) is 11.7 Å². The molecule has 0 heterocycles. The Labute approximate surface area is 98.8 Å². The van der Waals surface area contributed by atoms with Gasteiger partial charge in [0.15, 0.2) is 0 Å². The van der Waals surface area contributed by atoms with Gasteiger partial charge in [0.05, 0.1) is 7.11 Å². The largest absolute Gasteiger partial charge is 0.496 e. The Hall–Kier alpha value is -1.02. The number of benzene rings is 1. The van der Waals surface area contributed by atoms with Crippen molar-refractivity contribution in [2.75, 3.05) is 7.11 Å². The molecule has 0 aliphatic heterocycles. The number of ether oxygens (including phenoxy) is 1. The molecule has 0 aliphatic rings. The third-order valence-electron chi connectivity index (χ3n) is 3.36. The van der Waals surface area contributed by atoms with E-state index in [1.165, 1.54) is 5.56 Å². The SMILES string of the molecule is CCC(CC)C(N)c1ccc(OC)c(C)c1. The number of hydrogen-bond acceptors (Lipinski definition) is 2. The minimum atomic E-state index is 0.139. The summed E-state index contributed by atoms with van der Waals surface area (Å²) in [4.78, 5) is 0. The molecule has 1 atom stereocenters. The van der Waals surface area contributed by atoms with Crippen molar-refractivity contribution in [2.45, 2.75) is 39.7 Å². The summed E-state index contributed by atoms with van der Waals surface area (Å²) in [6.07, 6.45) is 2.26. The molecule has 0 aromatic heterocycles. The molecule has 0 amide bonds. The van der Waals surface area contributed by atoms with E-state index in [1.54, 1.807) is 7.11 Å². The second-order valence-corrected chi connectivity index (χ2v) is 4.33. The quantitative estimate of drug-likeness (QED) is 0.826. The second kappa shape index (κ2) is 5.90. The molecule has 0 radical (unpaired) electrons. The maximum atomic E-state index is 6.28. The Balaban J connectivity index is 2.91. The van der Waals surface area contributed by atoms with Crippen LogP contribution in [0.3, 0.4) is 0 Å². The third kappa shape index (κ3) is 2.76. The fourth-order valence-electron chi connectivity index (χ4n) is 2.18. The third-order valence-corrected chi connectivity index (χ3v) is 3.36. The molecular weight excluding hydrogens is 198 g/mol. The van der Waals surface area contributed by atoms with Gasteiger partial charge < -0.3 is 10.5 Å². The number of hydrogen-bond donors (Lipinski definition) is 1. The summed E-state index contributed by atoms with van der Waals surface area (Å²) in [5.74, 6) is 1.49. The maximum absolute atomic E-state index is 6.28. The average Bonchev–Trinajstić information content (AvgIpc) is 2.30. The topological polar surface area (TPSA) is 35.2 Å². The van der Waals surface area contributed by atoms with Gasteiger partial charge in [-0.1, -0.05) is 38.8 Å². The van der Waals surface area contributed by atoms with E-state index in [9.17, 15) is 0 Å². The number of methoxy groups -OCH3 is 1. The summed E-state index contributed by atoms with van der Waals surface area (Å²) in [6.45, 7) is 6.46. The summed E-state index contributed by atoms with van der Waals surface area (Å²) in [5, 5.41) is 0. The van der Waals surface area contributed by atoms with Gasteiger partial charge in [0.2, 0.25) is 0 Å². The first kappa shape index (κ1) is 13.0. The minimum absolute atomic E-state index is 0.139. The average molecular weight is 221 g/mol. The fraction of sp³-hybridized carbons (Fsp3) is 0.571. The molecule has 0 saturated carbocycles. The standard InChI is InChI=1S/C14H23NO/c1-5-11(6-2)14(15)12-7-8-13(16-4)10(3)9-12/h7-9,11,14H,5-6,15H2,1-4H3. The van der Waals surface area contributed by atoms with Gasteiger partial charge in [0, 0.05) is 6.04 Å². The van der Waals surface area contributed by atoms with E-state index in [2.05, 4.69) is 32.9 Å². The lowest BCUT2D eigenvalue weighted by Crippen LogP contribution is -2.20. The lowest BCUT2D eigenvalue weighted by molar-refractivity contribution is 0.400. The second-order valence-electron chi connectivity index (χ2n) is 4.33. The van der Waals surface area contributed by atoms with E-state index in [0.717, 1.165) is 24.2 Å². The number of rotatable bonds is 5. The smallest absolute Gasteiger partial charge is 0.121 e. The molecule has 1 aromatic carbocycles. The zero-order valence-corrected chi connectivity index (χ0v) is 10.8. The van der Waals surface area contributed by atoms with Gasteiger partial charge in [0.1, 0.15) is 5.75 Å². The van der Waals surface area contributed by atoms with Crippen molar-refractivity contribution in [1.82, 2.24) is 0 Å². The van der Waals surface area contributed by atoms with Gasteiger partial charge in [0.25, 0.3) is 0 Å². The number of nitrogens with two attached hydrogens (primary N) is 1. The summed E-state index contributed by atoms with van der Waals surface area (Å²) < 4.78 is 5.25. The van der Waals surface area contributed by atoms with Gasteiger partial charge in [-0.3, -0.25) is 0 Å². The Kier molecular flexibility index (Phi) is 4.81. The highest BCUT2D eigenvalue weighted by Crippen LogP contribution is 2.28. The van der Waals surface area contributed by atoms with E-state index in [0.29, 0.717) is 5.92 Å². The van der Waals surface area contributed by atoms with E-state index in [4.69, 9.17) is 10.5 Å². The first-order chi connectivity index (χ1) is 7.63. The molecular formula is C14H23NO. The van der Waals surface area contributed by atoms with Crippen LogP contribution in [0.1, 0.15) is 43.9 Å². The molecule has 0 bridgehead atoms. The van der Waals surface area contributed by atoms with Crippen molar-refractivity contribution in [3.63, 3.8) is 0 Å². The van der Waals surface area contributed by atoms with Crippen LogP contribution < -0.4 is 10.5 Å². The van der Waals surface area contributed by atoms with Crippen LogP contribution in [0.2, 0.25) is 0 Å². The van der Waals surface area contributed by atoms with Crippen molar-refractivity contribution in [3.8, 4) is 5.75 Å². The molecule has 90 valence electrons. The highest BCUT2D eigenvalue weighted by molar-refractivity contribution is 5.37. The first-order valence-corrected chi connectivity index (χ1v) is 6.04. The lowest BCUT2D eigenvalue weighted by Gasteiger charge is -2.22. The molecule has 2 nitrogen and oxygen atoms in total. The molecule has 2 N–H and O–H groups in total. The lowest BCUT2D eigenvalue weighted by atomic mass is 9.89. The normalized spacial score (nSPS) is 12.9. The predicted molar refractivity (Wildman–Crippen MR) is 68.7 cm³/mol. The van der Waals surface area contributed by atoms with Gasteiger partial charge in [-0.15, -0.1) is 0 Å². The minimum Gasteiger partial charge on any atom is -0.496 e. The number of aryl methyl sites for hydroxylation is 1. The van der Waals surface area contributed by atoms with Crippen LogP contribution in [0, 0.1) is 12.8 Å². The summed E-state index contributed by atoms with van der Waals surface area (Å²) >= 11 is 0. The molecule has 1 rings (SSSR count). The highest BCUT2D eigenvalue weighted by atomic mass is 16.5. The monoisotopic (exact) mass is 221 g/mol. The molecule has 1 aromatic rings. The van der Waals surface area contributed by atoms with Gasteiger partial charge >= 0.3 is 0 Å². The molecule has 2 heteroatoms.